The van der Waals surface area contributed by atoms with Crippen LogP contribution in [0.3, 0.4) is 0 Å². The lowest BCUT2D eigenvalue weighted by atomic mass is 10.1. The molecule has 0 fully saturated rings. The van der Waals surface area contributed by atoms with E-state index in [2.05, 4.69) is 47.7 Å². The van der Waals surface area contributed by atoms with Gasteiger partial charge in [0, 0.05) is 12.1 Å². The van der Waals surface area contributed by atoms with Crippen LogP contribution >= 0.6 is 24.0 Å². The van der Waals surface area contributed by atoms with Crippen molar-refractivity contribution in [3.63, 3.8) is 0 Å². The van der Waals surface area contributed by atoms with Gasteiger partial charge < -0.3 is 8.98 Å². The Kier molecular flexibility index (Phi) is 4.67. The highest BCUT2D eigenvalue weighted by molar-refractivity contribution is 7.99. The fourth-order valence-corrected chi connectivity index (χ4v) is 4.47. The molecule has 3 aromatic rings. The maximum atomic E-state index is 6.09. The van der Waals surface area contributed by atoms with Gasteiger partial charge in [-0.15, -0.1) is 0 Å². The van der Waals surface area contributed by atoms with Crippen LogP contribution in [-0.4, -0.2) is 33.8 Å². The predicted octanol–water partition coefficient (Wildman–Crippen LogP) is 4.51. The summed E-state index contributed by atoms with van der Waals surface area (Å²) in [6.45, 7) is 4.73. The van der Waals surface area contributed by atoms with E-state index in [4.69, 9.17) is 21.6 Å². The number of hydrogen-bond donors (Lipinski definition) is 0. The van der Waals surface area contributed by atoms with E-state index in [1.165, 1.54) is 11.1 Å². The minimum absolute atomic E-state index is 0.700. The first kappa shape index (κ1) is 16.8. The van der Waals surface area contributed by atoms with Gasteiger partial charge in [0.25, 0.3) is 0 Å². The van der Waals surface area contributed by atoms with Crippen LogP contribution < -0.4 is 0 Å². The monoisotopic (exact) mass is 371 g/mol. The molecular weight excluding hydrogens is 350 g/mol. The molecule has 1 aromatic carbocycles. The summed E-state index contributed by atoms with van der Waals surface area (Å²) < 4.78 is 9.10. The molecule has 25 heavy (non-hydrogen) atoms. The van der Waals surface area contributed by atoms with Crippen molar-refractivity contribution in [2.45, 2.75) is 31.6 Å². The van der Waals surface area contributed by atoms with E-state index in [-0.39, 0.29) is 0 Å². The molecule has 0 spiro atoms. The molecule has 1 aliphatic rings. The summed E-state index contributed by atoms with van der Waals surface area (Å²) in [7, 11) is 2.12. The summed E-state index contributed by atoms with van der Waals surface area (Å²) in [5, 5.41) is 1.97. The zero-order chi connectivity index (χ0) is 17.4. The van der Waals surface area contributed by atoms with Crippen molar-refractivity contribution in [1.82, 2.24) is 14.5 Å². The van der Waals surface area contributed by atoms with E-state index in [1.54, 1.807) is 11.8 Å². The lowest BCUT2D eigenvalue weighted by Crippen LogP contribution is -2.25. The zero-order valence-electron chi connectivity index (χ0n) is 14.5. The highest BCUT2D eigenvalue weighted by Crippen LogP contribution is 2.32. The van der Waals surface area contributed by atoms with E-state index in [0.717, 1.165) is 52.8 Å². The Morgan fingerprint density at radius 1 is 1.28 bits per heavy atom. The van der Waals surface area contributed by atoms with Crippen molar-refractivity contribution < 1.29 is 4.42 Å². The first-order valence-corrected chi connectivity index (χ1v) is 9.97. The van der Waals surface area contributed by atoms with E-state index in [1.807, 2.05) is 6.07 Å². The number of thioether (sulfide) groups is 1. The highest BCUT2D eigenvalue weighted by Gasteiger charge is 2.24. The second kappa shape index (κ2) is 6.94. The van der Waals surface area contributed by atoms with Gasteiger partial charge in [-0.25, -0.2) is 0 Å². The Labute approximate surface area is 156 Å². The topological polar surface area (TPSA) is 34.2 Å². The normalized spacial score (nSPS) is 14.8. The predicted molar refractivity (Wildman–Crippen MR) is 105 cm³/mol. The lowest BCUT2D eigenvalue weighted by Gasteiger charge is -2.20. The number of aromatic nitrogens is 2. The second-order valence-electron chi connectivity index (χ2n) is 6.38. The molecule has 0 bridgehead atoms. The smallest absolute Gasteiger partial charge is 0.231 e. The molecule has 0 unspecified atom stereocenters. The average Bonchev–Trinajstić information content (AvgIpc) is 2.96. The molecule has 0 saturated carbocycles. The van der Waals surface area contributed by atoms with Crippen molar-refractivity contribution in [2.75, 3.05) is 19.3 Å². The van der Waals surface area contributed by atoms with E-state index >= 15 is 0 Å². The Balaban J connectivity index is 1.89. The van der Waals surface area contributed by atoms with E-state index < -0.39 is 0 Å². The van der Waals surface area contributed by atoms with Gasteiger partial charge in [-0.2, -0.15) is 4.98 Å². The molecule has 130 valence electrons. The Morgan fingerprint density at radius 3 is 2.84 bits per heavy atom. The molecule has 0 aliphatic carbocycles. The summed E-state index contributed by atoms with van der Waals surface area (Å²) in [5.74, 6) is 1.97. The summed E-state index contributed by atoms with van der Waals surface area (Å²) in [6, 6.07) is 10.4. The zero-order valence-corrected chi connectivity index (χ0v) is 16.1. The number of hydrogen-bond acceptors (Lipinski definition) is 5. The molecule has 0 N–H and O–H groups in total. The van der Waals surface area contributed by atoms with Crippen LogP contribution in [0.5, 0.6) is 0 Å². The van der Waals surface area contributed by atoms with Gasteiger partial charge in [-0.3, -0.25) is 4.90 Å². The van der Waals surface area contributed by atoms with Crippen LogP contribution in [0.4, 0.5) is 0 Å². The number of benzene rings is 1. The summed E-state index contributed by atoms with van der Waals surface area (Å²) in [4.78, 5) is 7.10. The Hall–Kier alpha value is -1.63. The quantitative estimate of drug-likeness (QED) is 0.383. The number of likely N-dealkylation sites (N-methyl/N-ethyl adjacent to an activating group) is 1. The molecule has 0 radical (unpaired) electrons. The van der Waals surface area contributed by atoms with Crippen LogP contribution in [0.15, 0.2) is 39.9 Å². The molecule has 1 aliphatic heterocycles. The first-order chi connectivity index (χ1) is 12.2. The molecule has 0 atom stereocenters. The third kappa shape index (κ3) is 3.14. The molecule has 4 nitrogen and oxygen atoms in total. The fourth-order valence-electron chi connectivity index (χ4n) is 3.33. The Bertz CT molecular complexity index is 962. The number of fused-ring (bicyclic) bond motifs is 3. The third-order valence-corrected chi connectivity index (χ3v) is 5.86. The maximum absolute atomic E-state index is 6.09. The van der Waals surface area contributed by atoms with Crippen molar-refractivity contribution in [3.05, 3.63) is 51.9 Å². The van der Waals surface area contributed by atoms with Crippen LogP contribution in [0.25, 0.3) is 11.1 Å². The van der Waals surface area contributed by atoms with Crippen LogP contribution in [-0.2, 0) is 19.5 Å². The van der Waals surface area contributed by atoms with E-state index in [9.17, 15) is 0 Å². The fraction of sp³-hybridized carbons (Fsp3) is 0.368. The number of furan rings is 1. The van der Waals surface area contributed by atoms with Gasteiger partial charge >= 0.3 is 0 Å². The van der Waals surface area contributed by atoms with E-state index in [0.29, 0.717) is 5.71 Å². The summed E-state index contributed by atoms with van der Waals surface area (Å²) >= 11 is 7.61. The van der Waals surface area contributed by atoms with Gasteiger partial charge in [0.2, 0.25) is 5.71 Å². The first-order valence-electron chi connectivity index (χ1n) is 8.57. The summed E-state index contributed by atoms with van der Waals surface area (Å²) in [6.07, 6.45) is 0.968. The van der Waals surface area contributed by atoms with Crippen LogP contribution in [0, 0.1) is 4.64 Å². The standard InChI is InChI=1S/C19H21N3OS2/c1-3-25-19-20-17-16(14-9-10-21(2)12-15(14)23-17)18(24)22(19)11-13-7-5-4-6-8-13/h4-8H,3,9-12H2,1-2H3. The van der Waals surface area contributed by atoms with Crippen molar-refractivity contribution in [3.8, 4) is 0 Å². The Morgan fingerprint density at radius 2 is 2.08 bits per heavy atom. The van der Waals surface area contributed by atoms with Gasteiger partial charge in [0.05, 0.1) is 18.5 Å². The van der Waals surface area contributed by atoms with Crippen molar-refractivity contribution in [1.29, 1.82) is 0 Å². The molecule has 3 heterocycles. The van der Waals surface area contributed by atoms with Crippen LogP contribution in [0.2, 0.25) is 0 Å². The van der Waals surface area contributed by atoms with Gasteiger partial charge in [0.15, 0.2) is 5.16 Å². The minimum Gasteiger partial charge on any atom is -0.441 e. The van der Waals surface area contributed by atoms with Gasteiger partial charge in [-0.05, 0) is 24.8 Å². The van der Waals surface area contributed by atoms with Gasteiger partial charge in [0.1, 0.15) is 10.4 Å². The average molecular weight is 372 g/mol. The molecule has 4 rings (SSSR count). The van der Waals surface area contributed by atoms with Crippen molar-refractivity contribution >= 4 is 35.1 Å². The largest absolute Gasteiger partial charge is 0.441 e. The second-order valence-corrected chi connectivity index (χ2v) is 7.99. The molecular formula is C19H21N3OS2. The highest BCUT2D eigenvalue weighted by atomic mass is 32.2. The molecule has 2 aromatic heterocycles. The van der Waals surface area contributed by atoms with Crippen molar-refractivity contribution in [2.24, 2.45) is 0 Å². The minimum atomic E-state index is 0.700. The number of rotatable bonds is 4. The molecule has 0 saturated heterocycles. The third-order valence-electron chi connectivity index (χ3n) is 4.57. The lowest BCUT2D eigenvalue weighted by molar-refractivity contribution is 0.280. The molecule has 0 amide bonds. The SMILES string of the molecule is CCSc1nc2oc3c(c2c(=S)n1Cc1ccccc1)CCN(C)C3. The van der Waals surface area contributed by atoms with Crippen LogP contribution in [0.1, 0.15) is 23.8 Å². The molecule has 6 heteroatoms. The number of nitrogens with zero attached hydrogens (tertiary/aromatic N) is 3. The maximum Gasteiger partial charge on any atom is 0.231 e. The summed E-state index contributed by atoms with van der Waals surface area (Å²) in [5.41, 5.74) is 3.18. The van der Waals surface area contributed by atoms with Gasteiger partial charge in [-0.1, -0.05) is 61.2 Å².